The number of benzene rings is 1. The quantitative estimate of drug-likeness (QED) is 0.399. The van der Waals surface area contributed by atoms with Gasteiger partial charge in [-0.15, -0.1) is 0 Å². The van der Waals surface area contributed by atoms with Crippen LogP contribution in [0.2, 0.25) is 0 Å². The molecular formula is C30H40FN3O4. The minimum Gasteiger partial charge on any atom is -0.480 e. The Kier molecular flexibility index (Phi) is 8.31. The summed E-state index contributed by atoms with van der Waals surface area (Å²) in [5.41, 5.74) is 3.41. The van der Waals surface area contributed by atoms with Gasteiger partial charge >= 0.3 is 5.97 Å². The molecule has 2 saturated heterocycles. The lowest BCUT2D eigenvalue weighted by molar-refractivity contribution is -0.143. The maximum absolute atomic E-state index is 14.3. The van der Waals surface area contributed by atoms with Gasteiger partial charge in [0, 0.05) is 31.9 Å². The van der Waals surface area contributed by atoms with E-state index in [4.69, 9.17) is 14.5 Å². The zero-order chi connectivity index (χ0) is 26.7. The summed E-state index contributed by atoms with van der Waals surface area (Å²) in [4.78, 5) is 19.1. The van der Waals surface area contributed by atoms with E-state index in [0.717, 1.165) is 75.0 Å². The fourth-order valence-electron chi connectivity index (χ4n) is 6.05. The first kappa shape index (κ1) is 27.0. The van der Waals surface area contributed by atoms with Crippen molar-refractivity contribution in [1.29, 1.82) is 0 Å². The maximum atomic E-state index is 14.3. The van der Waals surface area contributed by atoms with Crippen LogP contribution in [0, 0.1) is 5.82 Å². The van der Waals surface area contributed by atoms with Crippen LogP contribution in [-0.4, -0.2) is 58.9 Å². The van der Waals surface area contributed by atoms with Crippen LogP contribution < -0.4 is 5.32 Å². The van der Waals surface area contributed by atoms with Gasteiger partial charge in [-0.1, -0.05) is 12.1 Å². The molecule has 206 valence electrons. The van der Waals surface area contributed by atoms with Crippen molar-refractivity contribution in [1.82, 2.24) is 9.88 Å². The third-order valence-corrected chi connectivity index (χ3v) is 8.07. The normalized spacial score (nSPS) is 23.7. The fourth-order valence-corrected chi connectivity index (χ4v) is 6.05. The number of aliphatic carboxylic acids is 1. The van der Waals surface area contributed by atoms with Crippen LogP contribution in [0.1, 0.15) is 86.9 Å². The molecule has 2 fully saturated rings. The Hall–Kier alpha value is -2.55. The minimum absolute atomic E-state index is 0.0263. The van der Waals surface area contributed by atoms with Gasteiger partial charge in [-0.25, -0.2) is 9.37 Å². The first-order valence-electron chi connectivity index (χ1n) is 14.1. The molecule has 3 atom stereocenters. The van der Waals surface area contributed by atoms with E-state index in [0.29, 0.717) is 25.3 Å². The number of aryl methyl sites for hydroxylation is 2. The van der Waals surface area contributed by atoms with E-state index in [9.17, 15) is 14.3 Å². The lowest BCUT2D eigenvalue weighted by Crippen LogP contribution is -2.34. The molecule has 7 nitrogen and oxygen atoms in total. The number of hydrogen-bond acceptors (Lipinski definition) is 6. The number of pyridine rings is 1. The summed E-state index contributed by atoms with van der Waals surface area (Å²) >= 11 is 0. The van der Waals surface area contributed by atoms with Crippen LogP contribution in [0.25, 0.3) is 0 Å². The standard InChI is InChI=1S/C30H40FN3O4/c1-30(2)14-12-26(38-30)24-11-9-21(31)18-25(24)27(29(35)36)34-16-13-23(19-34)37-17-4-3-7-22-10-8-20-6-5-15-32-28(20)33-22/h8-11,18,23,26-27H,3-7,12-17,19H2,1-2H3,(H,32,33)(H,35,36)/t23-,26-,27-/m1/s1. The van der Waals surface area contributed by atoms with Crippen LogP contribution in [0.4, 0.5) is 10.2 Å². The second-order valence-corrected chi connectivity index (χ2v) is 11.5. The van der Waals surface area contributed by atoms with Gasteiger partial charge in [0.25, 0.3) is 0 Å². The molecular weight excluding hydrogens is 485 g/mol. The lowest BCUT2D eigenvalue weighted by atomic mass is 9.93. The van der Waals surface area contributed by atoms with Crippen LogP contribution >= 0.6 is 0 Å². The van der Waals surface area contributed by atoms with Gasteiger partial charge in [-0.05, 0) is 100 Å². The molecule has 3 aliphatic heterocycles. The Morgan fingerprint density at radius 3 is 2.95 bits per heavy atom. The van der Waals surface area contributed by atoms with Crippen molar-refractivity contribution in [3.63, 3.8) is 0 Å². The zero-order valence-corrected chi connectivity index (χ0v) is 22.5. The van der Waals surface area contributed by atoms with E-state index in [1.54, 1.807) is 6.07 Å². The Morgan fingerprint density at radius 2 is 2.16 bits per heavy atom. The van der Waals surface area contributed by atoms with Crippen LogP contribution in [0.3, 0.4) is 0 Å². The molecule has 38 heavy (non-hydrogen) atoms. The van der Waals surface area contributed by atoms with Crippen molar-refractivity contribution in [2.45, 2.75) is 89.1 Å². The molecule has 0 aliphatic carbocycles. The monoisotopic (exact) mass is 525 g/mol. The van der Waals surface area contributed by atoms with Gasteiger partial charge in [-0.2, -0.15) is 0 Å². The highest BCUT2D eigenvalue weighted by atomic mass is 19.1. The van der Waals surface area contributed by atoms with Crippen LogP contribution in [0.5, 0.6) is 0 Å². The van der Waals surface area contributed by atoms with Gasteiger partial charge in [0.15, 0.2) is 0 Å². The summed E-state index contributed by atoms with van der Waals surface area (Å²) in [6.45, 7) is 6.81. The largest absolute Gasteiger partial charge is 0.480 e. The molecule has 1 aromatic carbocycles. The Bertz CT molecular complexity index is 1140. The summed E-state index contributed by atoms with van der Waals surface area (Å²) in [7, 11) is 0. The van der Waals surface area contributed by atoms with E-state index in [2.05, 4.69) is 17.4 Å². The first-order valence-corrected chi connectivity index (χ1v) is 14.1. The van der Waals surface area contributed by atoms with Crippen molar-refractivity contribution in [2.75, 3.05) is 31.6 Å². The number of carbonyl (C=O) groups is 1. The minimum atomic E-state index is -0.971. The molecule has 5 rings (SSSR count). The average molecular weight is 526 g/mol. The molecule has 4 heterocycles. The number of likely N-dealkylation sites (tertiary alicyclic amines) is 1. The number of halogens is 1. The topological polar surface area (TPSA) is 83.9 Å². The highest BCUT2D eigenvalue weighted by Crippen LogP contribution is 2.42. The third-order valence-electron chi connectivity index (χ3n) is 8.07. The number of nitrogens with one attached hydrogen (secondary N) is 1. The van der Waals surface area contributed by atoms with Crippen molar-refractivity contribution in [2.24, 2.45) is 0 Å². The Balaban J connectivity index is 1.14. The molecule has 0 saturated carbocycles. The molecule has 0 bridgehead atoms. The molecule has 2 aromatic rings. The number of carboxylic acids is 1. The predicted octanol–water partition coefficient (Wildman–Crippen LogP) is 5.45. The van der Waals surface area contributed by atoms with Crippen LogP contribution in [0.15, 0.2) is 30.3 Å². The van der Waals surface area contributed by atoms with Gasteiger partial charge in [0.1, 0.15) is 17.7 Å². The molecule has 0 radical (unpaired) electrons. The molecule has 0 spiro atoms. The molecule has 0 unspecified atom stereocenters. The summed E-state index contributed by atoms with van der Waals surface area (Å²) in [5, 5.41) is 13.6. The molecule has 2 N–H and O–H groups in total. The first-order chi connectivity index (χ1) is 18.3. The highest BCUT2D eigenvalue weighted by Gasteiger charge is 2.39. The van der Waals surface area contributed by atoms with Crippen molar-refractivity contribution in [3.05, 3.63) is 58.5 Å². The Morgan fingerprint density at radius 1 is 1.29 bits per heavy atom. The van der Waals surface area contributed by atoms with Gasteiger partial charge < -0.3 is 19.9 Å². The fraction of sp³-hybridized carbons (Fsp3) is 0.600. The van der Waals surface area contributed by atoms with E-state index in [1.165, 1.54) is 17.7 Å². The van der Waals surface area contributed by atoms with Gasteiger partial charge in [0.2, 0.25) is 0 Å². The van der Waals surface area contributed by atoms with Gasteiger partial charge in [-0.3, -0.25) is 9.69 Å². The third kappa shape index (κ3) is 6.35. The molecule has 0 amide bonds. The van der Waals surface area contributed by atoms with E-state index < -0.39 is 17.8 Å². The number of aromatic nitrogens is 1. The molecule has 1 aromatic heterocycles. The summed E-state index contributed by atoms with van der Waals surface area (Å²) in [6.07, 6.45) is 7.27. The number of carboxylic acid groups (broad SMARTS) is 1. The second-order valence-electron chi connectivity index (χ2n) is 11.5. The van der Waals surface area contributed by atoms with Crippen molar-refractivity contribution in [3.8, 4) is 0 Å². The van der Waals surface area contributed by atoms with Crippen molar-refractivity contribution < 1.29 is 23.8 Å². The van der Waals surface area contributed by atoms with E-state index >= 15 is 0 Å². The second kappa shape index (κ2) is 11.7. The summed E-state index contributed by atoms with van der Waals surface area (Å²) in [6, 6.07) is 7.87. The SMILES string of the molecule is CC1(C)CC[C@H](c2ccc(F)cc2[C@H](C(=O)O)N2CC[C@@H](OCCCCc3ccc4c(n3)NCCC4)C2)O1. The average Bonchev–Trinajstić information content (AvgIpc) is 3.49. The maximum Gasteiger partial charge on any atom is 0.325 e. The number of rotatable bonds is 10. The summed E-state index contributed by atoms with van der Waals surface area (Å²) in [5.74, 6) is -0.362. The van der Waals surface area contributed by atoms with E-state index in [1.807, 2.05) is 18.7 Å². The Labute approximate surface area is 224 Å². The lowest BCUT2D eigenvalue weighted by Gasteiger charge is -2.28. The number of ether oxygens (including phenoxy) is 2. The summed E-state index contributed by atoms with van der Waals surface area (Å²) < 4.78 is 26.7. The number of hydrogen-bond donors (Lipinski definition) is 2. The zero-order valence-electron chi connectivity index (χ0n) is 22.5. The van der Waals surface area contributed by atoms with Crippen LogP contribution in [-0.2, 0) is 27.1 Å². The number of nitrogens with zero attached hydrogens (tertiary/aromatic N) is 2. The highest BCUT2D eigenvalue weighted by molar-refractivity contribution is 5.76. The van der Waals surface area contributed by atoms with Crippen molar-refractivity contribution >= 4 is 11.8 Å². The number of fused-ring (bicyclic) bond motifs is 1. The van der Waals surface area contributed by atoms with E-state index in [-0.39, 0.29) is 17.8 Å². The smallest absolute Gasteiger partial charge is 0.325 e. The molecule has 8 heteroatoms. The number of anilines is 1. The number of unbranched alkanes of at least 4 members (excludes halogenated alkanes) is 1. The van der Waals surface area contributed by atoms with Gasteiger partial charge in [0.05, 0.1) is 17.8 Å². The predicted molar refractivity (Wildman–Crippen MR) is 144 cm³/mol. The molecule has 3 aliphatic rings.